The van der Waals surface area contributed by atoms with Crippen LogP contribution < -0.4 is 5.73 Å². The van der Waals surface area contributed by atoms with E-state index >= 15 is 0 Å². The fourth-order valence-electron chi connectivity index (χ4n) is 0.650. The number of carbonyl (C=O) groups excluding carboxylic acids is 1. The monoisotopic (exact) mass is 185 g/mol. The number of aliphatic hydroxyl groups excluding tert-OH is 1. The highest BCUT2D eigenvalue weighted by Gasteiger charge is 2.10. The summed E-state index contributed by atoms with van der Waals surface area (Å²) in [6.45, 7) is 6.89. The molecule has 4 nitrogen and oxygen atoms in total. The number of aliphatic hydroxyl groups is 1. The maximum Gasteiger partial charge on any atom is 0.335 e. The molecule has 1 atom stereocenters. The lowest BCUT2D eigenvalue weighted by molar-refractivity contribution is -0.142. The van der Waals surface area contributed by atoms with Gasteiger partial charge in [0.1, 0.15) is 0 Å². The molecule has 0 aromatic rings. The standard InChI is InChI=1S/C9H15NO3/c1-3-8(10)13-9(12)7(2)5-4-6-11/h3,8,11H,1-2,4-6,10H2. The molecule has 0 aromatic carbocycles. The van der Waals surface area contributed by atoms with Crippen LogP contribution in [0, 0.1) is 0 Å². The molecule has 0 heterocycles. The van der Waals surface area contributed by atoms with Crippen molar-refractivity contribution in [2.75, 3.05) is 6.61 Å². The Hall–Kier alpha value is -1.13. The number of nitrogens with two attached hydrogens (primary N) is 1. The van der Waals surface area contributed by atoms with Gasteiger partial charge in [-0.25, -0.2) is 4.79 Å². The average molecular weight is 185 g/mol. The summed E-state index contributed by atoms with van der Waals surface area (Å²) in [6.07, 6.45) is 1.44. The molecule has 0 saturated carbocycles. The second kappa shape index (κ2) is 6.39. The summed E-state index contributed by atoms with van der Waals surface area (Å²) in [7, 11) is 0. The fraction of sp³-hybridized carbons (Fsp3) is 0.444. The first-order valence-corrected chi connectivity index (χ1v) is 3.99. The fourth-order valence-corrected chi connectivity index (χ4v) is 0.650. The van der Waals surface area contributed by atoms with Gasteiger partial charge in [0.05, 0.1) is 0 Å². The minimum absolute atomic E-state index is 0.0276. The molecule has 0 amide bonds. The van der Waals surface area contributed by atoms with E-state index in [1.54, 1.807) is 0 Å². The Morgan fingerprint density at radius 1 is 1.69 bits per heavy atom. The highest BCUT2D eigenvalue weighted by atomic mass is 16.6. The lowest BCUT2D eigenvalue weighted by atomic mass is 10.2. The Morgan fingerprint density at radius 2 is 2.31 bits per heavy atom. The average Bonchev–Trinajstić information content (AvgIpc) is 2.13. The van der Waals surface area contributed by atoms with Gasteiger partial charge < -0.3 is 9.84 Å². The Kier molecular flexibility index (Phi) is 5.84. The van der Waals surface area contributed by atoms with Gasteiger partial charge in [0, 0.05) is 12.2 Å². The van der Waals surface area contributed by atoms with Crippen molar-refractivity contribution in [2.24, 2.45) is 5.73 Å². The third-order valence-electron chi connectivity index (χ3n) is 1.40. The number of hydrogen-bond donors (Lipinski definition) is 2. The van der Waals surface area contributed by atoms with E-state index in [1.807, 2.05) is 0 Å². The maximum atomic E-state index is 11.1. The van der Waals surface area contributed by atoms with Crippen molar-refractivity contribution in [1.82, 2.24) is 0 Å². The molecule has 3 N–H and O–H groups in total. The quantitative estimate of drug-likeness (QED) is 0.271. The molecule has 0 fully saturated rings. The van der Waals surface area contributed by atoms with Gasteiger partial charge in [0.2, 0.25) is 0 Å². The topological polar surface area (TPSA) is 72.5 Å². The number of hydrogen-bond acceptors (Lipinski definition) is 4. The van der Waals surface area contributed by atoms with Gasteiger partial charge >= 0.3 is 5.97 Å². The molecule has 0 aliphatic carbocycles. The molecule has 1 unspecified atom stereocenters. The van der Waals surface area contributed by atoms with Crippen molar-refractivity contribution in [3.05, 3.63) is 24.8 Å². The molecule has 0 radical (unpaired) electrons. The van der Waals surface area contributed by atoms with Crippen molar-refractivity contribution in [3.63, 3.8) is 0 Å². The molecule has 0 spiro atoms. The van der Waals surface area contributed by atoms with Crippen LogP contribution in [0.1, 0.15) is 12.8 Å². The third kappa shape index (κ3) is 5.16. The lowest BCUT2D eigenvalue weighted by Crippen LogP contribution is -2.25. The molecule has 0 bridgehead atoms. The van der Waals surface area contributed by atoms with E-state index in [1.165, 1.54) is 6.08 Å². The van der Waals surface area contributed by atoms with E-state index in [9.17, 15) is 4.79 Å². The van der Waals surface area contributed by atoms with Crippen LogP contribution in [-0.4, -0.2) is 23.9 Å². The molecule has 0 rings (SSSR count). The smallest absolute Gasteiger partial charge is 0.335 e. The molecule has 0 aliphatic rings. The molecule has 0 aromatic heterocycles. The van der Waals surface area contributed by atoms with E-state index in [0.29, 0.717) is 18.4 Å². The molecular formula is C9H15NO3. The van der Waals surface area contributed by atoms with Gasteiger partial charge in [-0.05, 0) is 18.9 Å². The normalized spacial score (nSPS) is 11.8. The second-order valence-electron chi connectivity index (χ2n) is 2.54. The predicted octanol–water partition coefficient (Wildman–Crippen LogP) is 0.329. The summed E-state index contributed by atoms with van der Waals surface area (Å²) < 4.78 is 4.70. The zero-order valence-corrected chi connectivity index (χ0v) is 7.53. The number of esters is 1. The SMILES string of the molecule is C=CC(N)OC(=O)C(=C)CCCO. The first kappa shape index (κ1) is 11.9. The van der Waals surface area contributed by atoms with E-state index in [2.05, 4.69) is 13.2 Å². The second-order valence-corrected chi connectivity index (χ2v) is 2.54. The minimum Gasteiger partial charge on any atom is -0.440 e. The summed E-state index contributed by atoms with van der Waals surface area (Å²) in [4.78, 5) is 11.1. The van der Waals surface area contributed by atoms with Crippen molar-refractivity contribution in [3.8, 4) is 0 Å². The Balaban J connectivity index is 3.82. The van der Waals surface area contributed by atoms with Gasteiger partial charge in [0.15, 0.2) is 6.23 Å². The summed E-state index contributed by atoms with van der Waals surface area (Å²) in [5.41, 5.74) is 5.60. The van der Waals surface area contributed by atoms with Crippen LogP contribution in [-0.2, 0) is 9.53 Å². The van der Waals surface area contributed by atoms with E-state index < -0.39 is 12.2 Å². The van der Waals surface area contributed by atoms with Crippen LogP contribution >= 0.6 is 0 Å². The molecular weight excluding hydrogens is 170 g/mol. The van der Waals surface area contributed by atoms with Crippen molar-refractivity contribution < 1.29 is 14.6 Å². The highest BCUT2D eigenvalue weighted by molar-refractivity contribution is 5.87. The molecule has 0 aliphatic heterocycles. The van der Waals surface area contributed by atoms with Crippen LogP contribution in [0.2, 0.25) is 0 Å². The van der Waals surface area contributed by atoms with Gasteiger partial charge in [-0.15, -0.1) is 0 Å². The third-order valence-corrected chi connectivity index (χ3v) is 1.40. The van der Waals surface area contributed by atoms with Gasteiger partial charge in [0.25, 0.3) is 0 Å². The largest absolute Gasteiger partial charge is 0.440 e. The summed E-state index contributed by atoms with van der Waals surface area (Å²) in [6, 6.07) is 0. The maximum absolute atomic E-state index is 11.1. The molecule has 0 saturated heterocycles. The first-order valence-electron chi connectivity index (χ1n) is 3.99. The van der Waals surface area contributed by atoms with Crippen LogP contribution in [0.4, 0.5) is 0 Å². The van der Waals surface area contributed by atoms with Crippen molar-refractivity contribution in [1.29, 1.82) is 0 Å². The Morgan fingerprint density at radius 3 is 2.77 bits per heavy atom. The molecule has 13 heavy (non-hydrogen) atoms. The van der Waals surface area contributed by atoms with Crippen LogP contribution in [0.15, 0.2) is 24.8 Å². The zero-order chi connectivity index (χ0) is 10.3. The number of carbonyl (C=O) groups is 1. The van der Waals surface area contributed by atoms with Crippen LogP contribution in [0.5, 0.6) is 0 Å². The van der Waals surface area contributed by atoms with Crippen LogP contribution in [0.3, 0.4) is 0 Å². The number of rotatable bonds is 6. The summed E-state index contributed by atoms with van der Waals surface area (Å²) in [5.74, 6) is -0.541. The number of ether oxygens (including phenoxy) is 1. The van der Waals surface area contributed by atoms with E-state index in [0.717, 1.165) is 0 Å². The Labute approximate surface area is 77.7 Å². The van der Waals surface area contributed by atoms with Crippen LogP contribution in [0.25, 0.3) is 0 Å². The predicted molar refractivity (Wildman–Crippen MR) is 49.7 cm³/mol. The Bertz CT molecular complexity index is 201. The lowest BCUT2D eigenvalue weighted by Gasteiger charge is -2.09. The highest BCUT2D eigenvalue weighted by Crippen LogP contribution is 2.04. The van der Waals surface area contributed by atoms with Gasteiger partial charge in [-0.1, -0.05) is 13.2 Å². The van der Waals surface area contributed by atoms with Crippen molar-refractivity contribution in [2.45, 2.75) is 19.1 Å². The van der Waals surface area contributed by atoms with Gasteiger partial charge in [-0.3, -0.25) is 5.73 Å². The zero-order valence-electron chi connectivity index (χ0n) is 7.53. The van der Waals surface area contributed by atoms with Gasteiger partial charge in [-0.2, -0.15) is 0 Å². The summed E-state index contributed by atoms with van der Waals surface area (Å²) in [5, 5.41) is 8.49. The summed E-state index contributed by atoms with van der Waals surface area (Å²) >= 11 is 0. The molecule has 74 valence electrons. The first-order chi connectivity index (χ1) is 6.11. The molecule has 4 heteroatoms. The van der Waals surface area contributed by atoms with Crippen molar-refractivity contribution >= 4 is 5.97 Å². The minimum atomic E-state index is -0.793. The van der Waals surface area contributed by atoms with E-state index in [4.69, 9.17) is 15.6 Å². The van der Waals surface area contributed by atoms with E-state index in [-0.39, 0.29) is 6.61 Å².